The van der Waals surface area contributed by atoms with Crippen LogP contribution in [0.2, 0.25) is 39.3 Å². The van der Waals surface area contributed by atoms with E-state index in [4.69, 9.17) is 14.1 Å². The van der Waals surface area contributed by atoms with Crippen molar-refractivity contribution in [3.63, 3.8) is 0 Å². The number of hydrogen-bond acceptors (Lipinski definition) is 3. The van der Waals surface area contributed by atoms with Crippen molar-refractivity contribution in [3.05, 3.63) is 45.7 Å². The average molecular weight is 548 g/mol. The van der Waals surface area contributed by atoms with Crippen molar-refractivity contribution in [1.29, 1.82) is 0 Å². The van der Waals surface area contributed by atoms with Crippen LogP contribution in [0.1, 0.15) is 53.4 Å². The molecular weight excluding hydrogens is 495 g/mol. The molecule has 0 saturated carbocycles. The fraction of sp³-hybridized carbons (Fsp3) is 0.741. The van der Waals surface area contributed by atoms with E-state index in [2.05, 4.69) is 77.3 Å². The third-order valence-electron chi connectivity index (χ3n) is 4.11. The summed E-state index contributed by atoms with van der Waals surface area (Å²) in [7, 11) is -2.21. The average Bonchev–Trinajstić information content (AvgIpc) is 3.39. The molecule has 0 amide bonds. The SMILES string of the molecule is C1CCOC1.C1CCOC1.CC(C)N=c1cccccc1[N-]C(C)C.C[Si](C)(C)[N-][Si](C)(C)C.[Ca+2]. The second-order valence-corrected chi connectivity index (χ2v) is 20.8. The van der Waals surface area contributed by atoms with Gasteiger partial charge in [-0.25, -0.2) is 0 Å². The van der Waals surface area contributed by atoms with Gasteiger partial charge in [0.1, 0.15) is 0 Å². The number of hydrogen-bond donors (Lipinski definition) is 0. The van der Waals surface area contributed by atoms with Gasteiger partial charge in [0.05, 0.1) is 0 Å². The van der Waals surface area contributed by atoms with E-state index >= 15 is 0 Å². The van der Waals surface area contributed by atoms with Crippen molar-refractivity contribution in [2.45, 2.75) is 105 Å². The van der Waals surface area contributed by atoms with Gasteiger partial charge in [-0.2, -0.15) is 0 Å². The van der Waals surface area contributed by atoms with Crippen molar-refractivity contribution in [2.75, 3.05) is 26.4 Å². The molecule has 5 nitrogen and oxygen atoms in total. The largest absolute Gasteiger partial charge is 2.00 e. The van der Waals surface area contributed by atoms with Gasteiger partial charge >= 0.3 is 37.7 Å². The van der Waals surface area contributed by atoms with Crippen LogP contribution in [0, 0.1) is 0 Å². The Kier molecular flexibility index (Phi) is 22.7. The summed E-state index contributed by atoms with van der Waals surface area (Å²) >= 11 is 0. The van der Waals surface area contributed by atoms with E-state index in [1.807, 2.05) is 30.3 Å². The van der Waals surface area contributed by atoms with Crippen LogP contribution in [0.25, 0.3) is 9.96 Å². The van der Waals surface area contributed by atoms with Crippen molar-refractivity contribution >= 4 is 59.9 Å². The second kappa shape index (κ2) is 21.2. The van der Waals surface area contributed by atoms with Gasteiger partial charge < -0.3 is 19.4 Å². The minimum atomic E-state index is -1.11. The van der Waals surface area contributed by atoms with E-state index in [9.17, 15) is 0 Å². The fourth-order valence-electron chi connectivity index (χ4n) is 3.33. The predicted molar refractivity (Wildman–Crippen MR) is 161 cm³/mol. The standard InChI is InChI=1S/C13H19N2.C6H18NSi2.2C4H8O.Ca/c1-10(2)14-12-8-6-5-7-9-13(12)15-11(3)4;1-8(2,3)7-9(4,5)6;2*1-2-4-5-3-1;/h5-11H,1-4H3;1-6H3;2*1-4H2;/q2*-1;;;+2. The molecule has 0 atom stereocenters. The zero-order valence-electron chi connectivity index (χ0n) is 24.6. The Hall–Kier alpha value is 0.264. The van der Waals surface area contributed by atoms with Crippen LogP contribution >= 0.6 is 0 Å². The zero-order chi connectivity index (χ0) is 26.0. The molecule has 0 spiro atoms. The van der Waals surface area contributed by atoms with Gasteiger partial charge in [0.15, 0.2) is 0 Å². The van der Waals surface area contributed by atoms with Gasteiger partial charge in [0, 0.05) is 37.8 Å². The van der Waals surface area contributed by atoms with Gasteiger partial charge in [-0.05, 0) is 45.6 Å². The Morgan fingerprint density at radius 2 is 1.14 bits per heavy atom. The first-order valence-electron chi connectivity index (χ1n) is 13.0. The molecule has 0 aliphatic carbocycles. The number of nitrogens with zero attached hydrogens (tertiary/aromatic N) is 3. The Morgan fingerprint density at radius 3 is 1.43 bits per heavy atom. The van der Waals surface area contributed by atoms with E-state index in [1.165, 1.54) is 25.7 Å². The first-order valence-corrected chi connectivity index (χ1v) is 19.9. The van der Waals surface area contributed by atoms with Crippen molar-refractivity contribution in [3.8, 4) is 0 Å². The normalized spacial score (nSPS) is 15.7. The molecule has 0 radical (unpaired) electrons. The molecule has 0 bridgehead atoms. The summed E-state index contributed by atoms with van der Waals surface area (Å²) in [6.07, 6.45) is 5.11. The summed E-state index contributed by atoms with van der Waals surface area (Å²) in [4.78, 5) is 4.56. The second-order valence-electron chi connectivity index (χ2n) is 11.2. The molecule has 198 valence electrons. The molecule has 2 saturated heterocycles. The minimum absolute atomic E-state index is 0. The monoisotopic (exact) mass is 547 g/mol. The fourth-order valence-corrected chi connectivity index (χ4v) is 11.4. The van der Waals surface area contributed by atoms with E-state index in [0.29, 0.717) is 12.1 Å². The zero-order valence-corrected chi connectivity index (χ0v) is 28.8. The smallest absolute Gasteiger partial charge is 0.680 e. The molecule has 0 N–H and O–H groups in total. The summed E-state index contributed by atoms with van der Waals surface area (Å²) in [5, 5.41) is 5.53. The third-order valence-corrected chi connectivity index (χ3v) is 9.48. The maximum Gasteiger partial charge on any atom is 2.00 e. The molecule has 2 heterocycles. The molecule has 2 aliphatic heterocycles. The Balaban J connectivity index is 0. The minimum Gasteiger partial charge on any atom is -0.680 e. The van der Waals surface area contributed by atoms with Crippen molar-refractivity contribution in [1.82, 2.24) is 0 Å². The topological polar surface area (TPSA) is 59.0 Å². The summed E-state index contributed by atoms with van der Waals surface area (Å²) in [5.41, 5.74) is 0.976. The summed E-state index contributed by atoms with van der Waals surface area (Å²) in [6.45, 7) is 26.1. The van der Waals surface area contributed by atoms with Gasteiger partial charge in [0.25, 0.3) is 0 Å². The van der Waals surface area contributed by atoms with Crippen molar-refractivity contribution in [2.24, 2.45) is 4.99 Å². The Labute approximate surface area is 249 Å². The van der Waals surface area contributed by atoms with Crippen LogP contribution in [0.5, 0.6) is 0 Å². The van der Waals surface area contributed by atoms with Gasteiger partial charge in [-0.1, -0.05) is 93.9 Å². The molecular formula is C27H53CaN3O2Si2. The number of ether oxygens (including phenoxy) is 2. The summed E-state index contributed by atoms with van der Waals surface area (Å²) < 4.78 is 14.7. The van der Waals surface area contributed by atoms with Crippen LogP contribution in [0.3, 0.4) is 0 Å². The molecule has 1 aromatic carbocycles. The molecule has 3 rings (SSSR count). The predicted octanol–water partition coefficient (Wildman–Crippen LogP) is 7.65. The van der Waals surface area contributed by atoms with E-state index in [-0.39, 0.29) is 37.7 Å². The van der Waals surface area contributed by atoms with Crippen molar-refractivity contribution < 1.29 is 9.47 Å². The molecule has 1 aromatic rings. The molecule has 8 heteroatoms. The van der Waals surface area contributed by atoms with E-state index < -0.39 is 16.5 Å². The van der Waals surface area contributed by atoms with E-state index in [0.717, 1.165) is 37.5 Å². The van der Waals surface area contributed by atoms with Crippen LogP contribution in [-0.4, -0.2) is 92.7 Å². The van der Waals surface area contributed by atoms with Gasteiger partial charge in [-0.3, -0.25) is 4.99 Å². The third kappa shape index (κ3) is 27.1. The summed E-state index contributed by atoms with van der Waals surface area (Å²) in [6, 6.07) is 10.6. The molecule has 2 fully saturated rings. The van der Waals surface area contributed by atoms with Crippen LogP contribution in [0.4, 0.5) is 5.69 Å². The Morgan fingerprint density at radius 1 is 0.714 bits per heavy atom. The van der Waals surface area contributed by atoms with Crippen LogP contribution < -0.4 is 5.36 Å². The molecule has 0 unspecified atom stereocenters. The molecule has 2 aliphatic rings. The quantitative estimate of drug-likeness (QED) is 0.355. The first-order chi connectivity index (χ1) is 15.8. The van der Waals surface area contributed by atoms with Gasteiger partial charge in [-0.15, -0.1) is 11.7 Å². The van der Waals surface area contributed by atoms with E-state index in [1.54, 1.807) is 0 Å². The van der Waals surface area contributed by atoms with Crippen LogP contribution in [0.15, 0.2) is 35.3 Å². The summed E-state index contributed by atoms with van der Waals surface area (Å²) in [5.74, 6) is 0. The maximum absolute atomic E-state index is 4.94. The first kappa shape index (κ1) is 37.4. The molecule has 0 aromatic heterocycles. The Bertz CT molecular complexity index is 661. The van der Waals surface area contributed by atoms with Gasteiger partial charge in [0.2, 0.25) is 0 Å². The van der Waals surface area contributed by atoms with Crippen LogP contribution in [-0.2, 0) is 9.47 Å². The maximum atomic E-state index is 4.94. The molecule has 35 heavy (non-hydrogen) atoms. The number of rotatable bonds is 5.